The molecule has 0 aromatic heterocycles. The zero-order chi connectivity index (χ0) is 20.1. The molecule has 0 bridgehead atoms. The van der Waals surface area contributed by atoms with E-state index in [4.69, 9.17) is 11.6 Å². The third-order valence-corrected chi connectivity index (χ3v) is 4.48. The molecule has 1 atom stereocenters. The number of ketones is 1. The van der Waals surface area contributed by atoms with E-state index in [2.05, 4.69) is 5.32 Å². The average molecular weight is 395 g/mol. The Labute approximate surface area is 165 Å². The van der Waals surface area contributed by atoms with Crippen LogP contribution in [0.15, 0.2) is 78.9 Å². The molecular weight excluding hydrogens is 380 g/mol. The van der Waals surface area contributed by atoms with Crippen LogP contribution in [0, 0.1) is 10.1 Å². The molecular formula is C21H15ClN2O4. The van der Waals surface area contributed by atoms with Crippen molar-refractivity contribution in [1.29, 1.82) is 0 Å². The molecule has 3 aromatic rings. The summed E-state index contributed by atoms with van der Waals surface area (Å²) in [5.41, 5.74) is 2.52. The number of rotatable bonds is 6. The van der Waals surface area contributed by atoms with Crippen LogP contribution < -0.4 is 5.32 Å². The Morgan fingerprint density at radius 2 is 1.43 bits per heavy atom. The summed E-state index contributed by atoms with van der Waals surface area (Å²) in [6.07, 6.45) is 0. The smallest absolute Gasteiger partial charge is 0.269 e. The summed E-state index contributed by atoms with van der Waals surface area (Å²) in [7, 11) is 0. The van der Waals surface area contributed by atoms with Gasteiger partial charge in [0.1, 0.15) is 0 Å². The van der Waals surface area contributed by atoms with E-state index in [-0.39, 0.29) is 11.3 Å². The summed E-state index contributed by atoms with van der Waals surface area (Å²) in [5, 5.41) is 11.8. The van der Waals surface area contributed by atoms with Crippen molar-refractivity contribution in [2.24, 2.45) is 0 Å². The summed E-state index contributed by atoms with van der Waals surface area (Å²) in [5.74, 6) is -1.30. The summed E-state index contributed by atoms with van der Waals surface area (Å²) in [6.45, 7) is 0. The first kappa shape index (κ1) is 19.3. The molecule has 0 fully saturated rings. The van der Waals surface area contributed by atoms with E-state index in [1.165, 1.54) is 24.3 Å². The second-order valence-electron chi connectivity index (χ2n) is 5.96. The third kappa shape index (κ3) is 4.42. The van der Waals surface area contributed by atoms with Crippen molar-refractivity contribution in [3.05, 3.63) is 94.5 Å². The minimum Gasteiger partial charge on any atom is -0.324 e. The highest BCUT2D eigenvalue weighted by Crippen LogP contribution is 2.22. The zero-order valence-corrected chi connectivity index (χ0v) is 15.3. The lowest BCUT2D eigenvalue weighted by atomic mass is 10.1. The van der Waals surface area contributed by atoms with Gasteiger partial charge in [0.25, 0.3) is 5.69 Å². The van der Waals surface area contributed by atoms with E-state index in [0.717, 1.165) is 11.1 Å². The van der Waals surface area contributed by atoms with E-state index in [0.29, 0.717) is 5.69 Å². The van der Waals surface area contributed by atoms with Crippen molar-refractivity contribution in [2.75, 3.05) is 5.32 Å². The number of benzene rings is 3. The second-order valence-corrected chi connectivity index (χ2v) is 6.40. The number of hydrogen-bond acceptors (Lipinski definition) is 4. The van der Waals surface area contributed by atoms with Crippen LogP contribution in [-0.2, 0) is 4.79 Å². The number of hydrogen-bond donors (Lipinski definition) is 1. The highest BCUT2D eigenvalue weighted by Gasteiger charge is 2.25. The van der Waals surface area contributed by atoms with Crippen molar-refractivity contribution >= 4 is 34.7 Å². The maximum absolute atomic E-state index is 12.3. The van der Waals surface area contributed by atoms with Gasteiger partial charge >= 0.3 is 0 Å². The zero-order valence-electron chi connectivity index (χ0n) is 14.5. The minimum atomic E-state index is -1.45. The normalized spacial score (nSPS) is 11.5. The van der Waals surface area contributed by atoms with Crippen molar-refractivity contribution in [2.45, 2.75) is 5.38 Å². The first-order valence-corrected chi connectivity index (χ1v) is 8.78. The Kier molecular flexibility index (Phi) is 5.81. The molecule has 140 valence electrons. The first-order valence-electron chi connectivity index (χ1n) is 8.35. The third-order valence-electron chi connectivity index (χ3n) is 4.08. The molecule has 0 unspecified atom stereocenters. The SMILES string of the molecule is O=C(Nc1ccc(-c2ccccc2)cc1)[C@H](Cl)C(=O)c1ccc([N+](=O)[O-])cc1. The van der Waals surface area contributed by atoms with Crippen LogP contribution in [0.5, 0.6) is 0 Å². The molecule has 0 saturated heterocycles. The van der Waals surface area contributed by atoms with E-state index in [1.54, 1.807) is 12.1 Å². The molecule has 0 aliphatic heterocycles. The Hall–Kier alpha value is -3.51. The second kappa shape index (κ2) is 8.45. The van der Waals surface area contributed by atoms with Crippen LogP contribution in [0.1, 0.15) is 10.4 Å². The van der Waals surface area contributed by atoms with Gasteiger partial charge in [0.05, 0.1) is 4.92 Å². The number of anilines is 1. The Bertz CT molecular complexity index is 1000. The first-order chi connectivity index (χ1) is 13.5. The van der Waals surface area contributed by atoms with Gasteiger partial charge in [-0.1, -0.05) is 42.5 Å². The van der Waals surface area contributed by atoms with Gasteiger partial charge in [0.2, 0.25) is 5.91 Å². The van der Waals surface area contributed by atoms with Gasteiger partial charge in [-0.05, 0) is 35.4 Å². The molecule has 0 radical (unpaired) electrons. The minimum absolute atomic E-state index is 0.125. The Morgan fingerprint density at radius 3 is 2.00 bits per heavy atom. The van der Waals surface area contributed by atoms with Crippen molar-refractivity contribution in [1.82, 2.24) is 0 Å². The Balaban J connectivity index is 1.66. The fourth-order valence-electron chi connectivity index (χ4n) is 2.60. The molecule has 0 spiro atoms. The lowest BCUT2D eigenvalue weighted by molar-refractivity contribution is -0.384. The van der Waals surface area contributed by atoms with Gasteiger partial charge in [-0.3, -0.25) is 19.7 Å². The van der Waals surface area contributed by atoms with Gasteiger partial charge in [-0.25, -0.2) is 0 Å². The average Bonchev–Trinajstić information content (AvgIpc) is 2.74. The topological polar surface area (TPSA) is 89.3 Å². The molecule has 7 heteroatoms. The number of carbonyl (C=O) groups excluding carboxylic acids is 2. The fourth-order valence-corrected chi connectivity index (χ4v) is 2.78. The summed E-state index contributed by atoms with van der Waals surface area (Å²) >= 11 is 6.00. The molecule has 28 heavy (non-hydrogen) atoms. The molecule has 3 rings (SSSR count). The summed E-state index contributed by atoms with van der Waals surface area (Å²) in [6, 6.07) is 21.8. The Morgan fingerprint density at radius 1 is 0.857 bits per heavy atom. The monoisotopic (exact) mass is 394 g/mol. The summed E-state index contributed by atoms with van der Waals surface area (Å²) in [4.78, 5) is 34.7. The molecule has 1 N–H and O–H groups in total. The van der Waals surface area contributed by atoms with E-state index < -0.39 is 22.0 Å². The van der Waals surface area contributed by atoms with Crippen LogP contribution in [0.4, 0.5) is 11.4 Å². The largest absolute Gasteiger partial charge is 0.324 e. The number of nitrogens with zero attached hydrogens (tertiary/aromatic N) is 1. The molecule has 0 aliphatic rings. The predicted molar refractivity (Wildman–Crippen MR) is 108 cm³/mol. The van der Waals surface area contributed by atoms with Crippen LogP contribution in [0.25, 0.3) is 11.1 Å². The molecule has 0 aliphatic carbocycles. The number of alkyl halides is 1. The van der Waals surface area contributed by atoms with Gasteiger partial charge < -0.3 is 5.32 Å². The number of halogens is 1. The van der Waals surface area contributed by atoms with Gasteiger partial charge in [-0.15, -0.1) is 11.6 Å². The highest BCUT2D eigenvalue weighted by molar-refractivity contribution is 6.45. The number of nitro benzene ring substituents is 1. The van der Waals surface area contributed by atoms with Crippen molar-refractivity contribution in [3.8, 4) is 11.1 Å². The lowest BCUT2D eigenvalue weighted by Gasteiger charge is -2.10. The number of amides is 1. The number of nitro groups is 1. The van der Waals surface area contributed by atoms with E-state index in [1.807, 2.05) is 42.5 Å². The number of nitrogens with one attached hydrogen (secondary N) is 1. The number of carbonyl (C=O) groups is 2. The van der Waals surface area contributed by atoms with Crippen molar-refractivity contribution < 1.29 is 14.5 Å². The fraction of sp³-hybridized carbons (Fsp3) is 0.0476. The van der Waals surface area contributed by atoms with Gasteiger partial charge in [0, 0.05) is 23.4 Å². The highest BCUT2D eigenvalue weighted by atomic mass is 35.5. The van der Waals surface area contributed by atoms with E-state index in [9.17, 15) is 19.7 Å². The number of Topliss-reactive ketones (excluding diaryl/α,β-unsaturated/α-hetero) is 1. The van der Waals surface area contributed by atoms with Crippen LogP contribution in [0.2, 0.25) is 0 Å². The van der Waals surface area contributed by atoms with E-state index >= 15 is 0 Å². The summed E-state index contributed by atoms with van der Waals surface area (Å²) < 4.78 is 0. The van der Waals surface area contributed by atoms with Crippen LogP contribution in [-0.4, -0.2) is 22.0 Å². The van der Waals surface area contributed by atoms with Crippen LogP contribution in [0.3, 0.4) is 0 Å². The maximum Gasteiger partial charge on any atom is 0.269 e. The van der Waals surface area contributed by atoms with Crippen molar-refractivity contribution in [3.63, 3.8) is 0 Å². The standard InChI is InChI=1S/C21H15ClN2O4/c22-19(20(25)16-8-12-18(13-9-16)24(27)28)21(26)23-17-10-6-15(7-11-17)14-4-2-1-3-5-14/h1-13,19H,(H,23,26)/t19-/m1/s1. The molecule has 3 aromatic carbocycles. The quantitative estimate of drug-likeness (QED) is 0.216. The number of non-ortho nitro benzene ring substituents is 1. The van der Waals surface area contributed by atoms with Gasteiger partial charge in [0.15, 0.2) is 11.2 Å². The molecule has 0 saturated carbocycles. The molecule has 0 heterocycles. The predicted octanol–water partition coefficient (Wildman–Crippen LogP) is 4.69. The molecule has 6 nitrogen and oxygen atoms in total. The lowest BCUT2D eigenvalue weighted by Crippen LogP contribution is -2.30. The van der Waals surface area contributed by atoms with Gasteiger partial charge in [-0.2, -0.15) is 0 Å². The molecule has 1 amide bonds. The maximum atomic E-state index is 12.3. The van der Waals surface area contributed by atoms with Crippen LogP contribution >= 0.6 is 11.6 Å².